The van der Waals surface area contributed by atoms with Crippen LogP contribution in [-0.2, 0) is 9.53 Å². The fourth-order valence-electron chi connectivity index (χ4n) is 5.27. The third-order valence-corrected chi connectivity index (χ3v) is 6.78. The molecule has 3 atom stereocenters. The summed E-state index contributed by atoms with van der Waals surface area (Å²) >= 11 is 0. The zero-order chi connectivity index (χ0) is 20.7. The van der Waals surface area contributed by atoms with Crippen LogP contribution in [0.1, 0.15) is 34.7 Å². The van der Waals surface area contributed by atoms with E-state index in [1.807, 2.05) is 47.4 Å². The molecule has 2 aromatic rings. The van der Waals surface area contributed by atoms with Crippen LogP contribution in [0.2, 0.25) is 0 Å². The molecule has 3 aliphatic rings. The highest BCUT2D eigenvalue weighted by molar-refractivity contribution is 5.99. The van der Waals surface area contributed by atoms with E-state index in [2.05, 4.69) is 0 Å². The minimum absolute atomic E-state index is 0.0394. The molecule has 2 fully saturated rings. The first-order chi connectivity index (χ1) is 14.7. The van der Waals surface area contributed by atoms with Crippen LogP contribution in [0.4, 0.5) is 5.69 Å². The Kier molecular flexibility index (Phi) is 5.05. The molecule has 0 bridgehead atoms. The Balaban J connectivity index is 1.49. The van der Waals surface area contributed by atoms with E-state index in [1.165, 1.54) is 0 Å². The fourth-order valence-corrected chi connectivity index (χ4v) is 5.27. The van der Waals surface area contributed by atoms with Crippen molar-refractivity contribution in [2.24, 2.45) is 5.92 Å². The molecule has 3 heterocycles. The second-order valence-electron chi connectivity index (χ2n) is 8.32. The molecule has 6 heteroatoms. The maximum absolute atomic E-state index is 13.4. The van der Waals surface area contributed by atoms with Gasteiger partial charge in [0.1, 0.15) is 0 Å². The largest absolute Gasteiger partial charge is 0.394 e. The van der Waals surface area contributed by atoms with Crippen molar-refractivity contribution in [3.8, 4) is 0 Å². The Morgan fingerprint density at radius 3 is 2.43 bits per heavy atom. The molecule has 0 spiro atoms. The number of aliphatic hydroxyl groups is 1. The number of hydrogen-bond donors (Lipinski definition) is 1. The van der Waals surface area contributed by atoms with Crippen LogP contribution in [0.3, 0.4) is 0 Å². The number of fused-ring (bicyclic) bond motifs is 3. The molecule has 3 aliphatic heterocycles. The lowest BCUT2D eigenvalue weighted by Gasteiger charge is -2.59. The lowest BCUT2D eigenvalue weighted by atomic mass is 9.71. The van der Waals surface area contributed by atoms with Gasteiger partial charge in [0.25, 0.3) is 5.91 Å². The number of likely N-dealkylation sites (tertiary alicyclic amines) is 1. The summed E-state index contributed by atoms with van der Waals surface area (Å²) < 4.78 is 5.43. The summed E-state index contributed by atoms with van der Waals surface area (Å²) in [6.45, 7) is 1.60. The van der Waals surface area contributed by atoms with Gasteiger partial charge < -0.3 is 19.6 Å². The monoisotopic (exact) mass is 406 g/mol. The van der Waals surface area contributed by atoms with E-state index in [0.29, 0.717) is 25.3 Å². The summed E-state index contributed by atoms with van der Waals surface area (Å²) in [5, 5.41) is 10.1. The fraction of sp³-hybridized carbons (Fsp3) is 0.417. The van der Waals surface area contributed by atoms with Gasteiger partial charge in [-0.15, -0.1) is 0 Å². The van der Waals surface area contributed by atoms with E-state index >= 15 is 0 Å². The molecule has 2 saturated heterocycles. The number of amides is 2. The molecular weight excluding hydrogens is 380 g/mol. The third kappa shape index (κ3) is 3.02. The van der Waals surface area contributed by atoms with E-state index < -0.39 is 0 Å². The van der Waals surface area contributed by atoms with Gasteiger partial charge in [0, 0.05) is 42.8 Å². The highest BCUT2D eigenvalue weighted by Crippen LogP contribution is 2.49. The second-order valence-corrected chi connectivity index (χ2v) is 8.32. The number of anilines is 1. The van der Waals surface area contributed by atoms with Crippen LogP contribution < -0.4 is 4.90 Å². The van der Waals surface area contributed by atoms with Crippen molar-refractivity contribution in [2.75, 3.05) is 31.3 Å². The van der Waals surface area contributed by atoms with E-state index in [-0.39, 0.29) is 42.3 Å². The van der Waals surface area contributed by atoms with E-state index in [4.69, 9.17) is 4.74 Å². The molecule has 0 aromatic heterocycles. The summed E-state index contributed by atoms with van der Waals surface area (Å²) in [6.07, 6.45) is 1.47. The van der Waals surface area contributed by atoms with Gasteiger partial charge in [-0.25, -0.2) is 0 Å². The molecular formula is C24H26N2O4. The number of para-hydroxylation sites is 1. The van der Waals surface area contributed by atoms with E-state index in [9.17, 15) is 14.7 Å². The average Bonchev–Trinajstić information content (AvgIpc) is 2.80. The Morgan fingerprint density at radius 2 is 1.70 bits per heavy atom. The van der Waals surface area contributed by atoms with Gasteiger partial charge in [-0.05, 0) is 36.6 Å². The molecule has 1 N–H and O–H groups in total. The third-order valence-electron chi connectivity index (χ3n) is 6.78. The van der Waals surface area contributed by atoms with Crippen molar-refractivity contribution in [3.63, 3.8) is 0 Å². The summed E-state index contributed by atoms with van der Waals surface area (Å²) in [6, 6.07) is 16.7. The molecule has 0 unspecified atom stereocenters. The normalized spacial score (nSPS) is 25.8. The van der Waals surface area contributed by atoms with Crippen molar-refractivity contribution in [3.05, 3.63) is 65.7 Å². The number of hydrogen-bond acceptors (Lipinski definition) is 4. The summed E-state index contributed by atoms with van der Waals surface area (Å²) in [5.41, 5.74) is 2.57. The van der Waals surface area contributed by atoms with Crippen LogP contribution in [0.15, 0.2) is 54.6 Å². The zero-order valence-corrected chi connectivity index (χ0v) is 16.8. The maximum Gasteiger partial charge on any atom is 0.254 e. The van der Waals surface area contributed by atoms with Crippen molar-refractivity contribution in [2.45, 2.75) is 30.8 Å². The first kappa shape index (κ1) is 19.3. The number of carbonyl (C=O) groups excluding carboxylic acids is 2. The topological polar surface area (TPSA) is 70.1 Å². The van der Waals surface area contributed by atoms with Gasteiger partial charge in [-0.3, -0.25) is 9.59 Å². The second kappa shape index (κ2) is 7.85. The van der Waals surface area contributed by atoms with Crippen LogP contribution in [0, 0.1) is 5.92 Å². The SMILES string of the molecule is O=C(C1CCOCC1)N1C[C@H]2[C@@H](c3ccccc31)[C@H](CO)N2C(=O)c1ccccc1. The summed E-state index contributed by atoms with van der Waals surface area (Å²) in [4.78, 5) is 30.3. The smallest absolute Gasteiger partial charge is 0.254 e. The van der Waals surface area contributed by atoms with Crippen molar-refractivity contribution < 1.29 is 19.4 Å². The first-order valence-corrected chi connectivity index (χ1v) is 10.7. The Morgan fingerprint density at radius 1 is 1.00 bits per heavy atom. The van der Waals surface area contributed by atoms with Crippen LogP contribution in [-0.4, -0.2) is 60.3 Å². The quantitative estimate of drug-likeness (QED) is 0.850. The number of nitrogens with zero attached hydrogens (tertiary/aromatic N) is 2. The minimum Gasteiger partial charge on any atom is -0.394 e. The van der Waals surface area contributed by atoms with Gasteiger partial charge in [0.15, 0.2) is 0 Å². The minimum atomic E-state index is -0.274. The molecule has 0 radical (unpaired) electrons. The Bertz CT molecular complexity index is 941. The number of carbonyl (C=O) groups is 2. The van der Waals surface area contributed by atoms with Crippen molar-refractivity contribution in [1.29, 1.82) is 0 Å². The molecule has 6 nitrogen and oxygen atoms in total. The van der Waals surface area contributed by atoms with Crippen LogP contribution in [0.25, 0.3) is 0 Å². The van der Waals surface area contributed by atoms with Gasteiger partial charge in [-0.2, -0.15) is 0 Å². The lowest BCUT2D eigenvalue weighted by Crippen LogP contribution is -2.71. The molecule has 0 saturated carbocycles. The predicted molar refractivity (Wildman–Crippen MR) is 112 cm³/mol. The van der Waals surface area contributed by atoms with Gasteiger partial charge in [0.05, 0.1) is 18.7 Å². The summed E-state index contributed by atoms with van der Waals surface area (Å²) in [5.74, 6) is 0.0189. The molecule has 0 aliphatic carbocycles. The maximum atomic E-state index is 13.4. The number of aliphatic hydroxyl groups excluding tert-OH is 1. The summed E-state index contributed by atoms with van der Waals surface area (Å²) in [7, 11) is 0. The molecule has 2 amide bonds. The van der Waals surface area contributed by atoms with Gasteiger partial charge in [-0.1, -0.05) is 36.4 Å². The molecule has 156 valence electrons. The van der Waals surface area contributed by atoms with E-state index in [0.717, 1.165) is 24.1 Å². The first-order valence-electron chi connectivity index (χ1n) is 10.7. The van der Waals surface area contributed by atoms with Crippen LogP contribution in [0.5, 0.6) is 0 Å². The Hall–Kier alpha value is -2.70. The standard InChI is InChI=1S/C24H26N2O4/c27-15-21-22-18-8-4-5-9-19(18)25(23(28)17-10-12-30-13-11-17)14-20(22)26(21)24(29)16-6-2-1-3-7-16/h1-9,17,20-22,27H,10-15H2/t20-,21-,22+/m0/s1. The molecule has 5 rings (SSSR count). The number of rotatable bonds is 3. The van der Waals surface area contributed by atoms with Crippen LogP contribution >= 0.6 is 0 Å². The zero-order valence-electron chi connectivity index (χ0n) is 16.8. The van der Waals surface area contributed by atoms with Crippen molar-refractivity contribution in [1.82, 2.24) is 4.90 Å². The van der Waals surface area contributed by atoms with Crippen molar-refractivity contribution >= 4 is 17.5 Å². The highest BCUT2D eigenvalue weighted by atomic mass is 16.5. The Labute approximate surface area is 176 Å². The number of benzene rings is 2. The highest BCUT2D eigenvalue weighted by Gasteiger charge is 2.55. The van der Waals surface area contributed by atoms with Gasteiger partial charge >= 0.3 is 0 Å². The number of ether oxygens (including phenoxy) is 1. The lowest BCUT2D eigenvalue weighted by molar-refractivity contribution is -0.126. The predicted octanol–water partition coefficient (Wildman–Crippen LogP) is 2.43. The average molecular weight is 406 g/mol. The van der Waals surface area contributed by atoms with E-state index in [1.54, 1.807) is 17.0 Å². The molecule has 2 aromatic carbocycles. The molecule has 30 heavy (non-hydrogen) atoms. The van der Waals surface area contributed by atoms with Gasteiger partial charge in [0.2, 0.25) is 5.91 Å².